The first-order valence-corrected chi connectivity index (χ1v) is 12.1. The number of carbonyl (C=O) groups excluding carboxylic acids is 2. The van der Waals surface area contributed by atoms with Gasteiger partial charge >= 0.3 is 6.09 Å². The minimum atomic E-state index is -0.538. The summed E-state index contributed by atoms with van der Waals surface area (Å²) in [6.45, 7) is 12.0. The van der Waals surface area contributed by atoms with Gasteiger partial charge in [0.2, 0.25) is 17.6 Å². The van der Waals surface area contributed by atoms with Gasteiger partial charge in [0.1, 0.15) is 5.60 Å². The second kappa shape index (κ2) is 10.1. The maximum atomic E-state index is 13.1. The van der Waals surface area contributed by atoms with Crippen molar-refractivity contribution >= 4 is 12.0 Å². The molecule has 9 nitrogen and oxygen atoms in total. The fourth-order valence-corrected chi connectivity index (χ4v) is 4.39. The second-order valence-corrected chi connectivity index (χ2v) is 10.2. The lowest BCUT2D eigenvalue weighted by atomic mass is 9.96. The summed E-state index contributed by atoms with van der Waals surface area (Å²) in [5, 5.41) is 4.11. The molecule has 4 rings (SSSR count). The molecular weight excluding hydrogens is 434 g/mol. The van der Waals surface area contributed by atoms with Gasteiger partial charge in [-0.05, 0) is 40.5 Å². The second-order valence-electron chi connectivity index (χ2n) is 10.2. The van der Waals surface area contributed by atoms with E-state index >= 15 is 0 Å². The molecule has 2 amide bonds. The highest BCUT2D eigenvalue weighted by Gasteiger charge is 2.34. The van der Waals surface area contributed by atoms with Crippen LogP contribution in [0, 0.1) is 12.8 Å². The van der Waals surface area contributed by atoms with E-state index in [0.29, 0.717) is 44.4 Å². The molecule has 0 saturated carbocycles. The number of piperidine rings is 1. The van der Waals surface area contributed by atoms with Crippen molar-refractivity contribution in [1.29, 1.82) is 0 Å². The van der Waals surface area contributed by atoms with Crippen LogP contribution in [0.2, 0.25) is 0 Å². The van der Waals surface area contributed by atoms with Gasteiger partial charge < -0.3 is 19.1 Å². The Morgan fingerprint density at radius 3 is 2.44 bits per heavy atom. The number of amides is 2. The lowest BCUT2D eigenvalue weighted by Gasteiger charge is -2.38. The first kappa shape index (κ1) is 24.2. The molecule has 0 aliphatic carbocycles. The molecule has 9 heteroatoms. The van der Waals surface area contributed by atoms with Crippen molar-refractivity contribution in [2.45, 2.75) is 52.7 Å². The number of carbonyl (C=O) groups is 2. The number of hydrogen-bond donors (Lipinski definition) is 0. The van der Waals surface area contributed by atoms with E-state index in [0.717, 1.165) is 31.5 Å². The summed E-state index contributed by atoms with van der Waals surface area (Å²) < 4.78 is 10.9. The predicted octanol–water partition coefficient (Wildman–Crippen LogP) is 3.34. The average molecular weight is 470 g/mol. The van der Waals surface area contributed by atoms with Gasteiger partial charge in [-0.25, -0.2) is 4.79 Å². The number of ether oxygens (including phenoxy) is 1. The van der Waals surface area contributed by atoms with E-state index in [-0.39, 0.29) is 17.9 Å². The Labute approximate surface area is 201 Å². The van der Waals surface area contributed by atoms with Crippen LogP contribution in [0.1, 0.15) is 45.1 Å². The van der Waals surface area contributed by atoms with Crippen molar-refractivity contribution in [3.05, 3.63) is 35.7 Å². The topological polar surface area (TPSA) is 92.0 Å². The molecule has 0 radical (unpaired) electrons. The Kier molecular flexibility index (Phi) is 7.21. The average Bonchev–Trinajstić information content (AvgIpc) is 3.27. The van der Waals surface area contributed by atoms with Crippen LogP contribution in [0.4, 0.5) is 4.79 Å². The van der Waals surface area contributed by atoms with Crippen molar-refractivity contribution in [3.63, 3.8) is 0 Å². The number of nitrogens with zero attached hydrogens (tertiary/aromatic N) is 5. The highest BCUT2D eigenvalue weighted by molar-refractivity contribution is 5.80. The molecule has 1 aromatic carbocycles. The van der Waals surface area contributed by atoms with Gasteiger partial charge in [-0.3, -0.25) is 9.69 Å². The summed E-state index contributed by atoms with van der Waals surface area (Å²) >= 11 is 0. The van der Waals surface area contributed by atoms with Crippen LogP contribution in [0.5, 0.6) is 0 Å². The van der Waals surface area contributed by atoms with Crippen LogP contribution >= 0.6 is 0 Å². The molecule has 0 unspecified atom stereocenters. The van der Waals surface area contributed by atoms with Crippen molar-refractivity contribution in [2.24, 2.45) is 5.92 Å². The Balaban J connectivity index is 1.26. The van der Waals surface area contributed by atoms with E-state index in [2.05, 4.69) is 15.0 Å². The smallest absolute Gasteiger partial charge is 0.410 e. The zero-order valence-corrected chi connectivity index (χ0v) is 20.6. The molecule has 3 heterocycles. The molecule has 1 aromatic heterocycles. The minimum absolute atomic E-state index is 0.132. The zero-order chi connectivity index (χ0) is 24.3. The molecule has 2 aliphatic heterocycles. The molecular formula is C25H35N5O4. The predicted molar refractivity (Wildman–Crippen MR) is 127 cm³/mol. The molecule has 0 bridgehead atoms. The fraction of sp³-hybridized carbons (Fsp3) is 0.600. The van der Waals surface area contributed by atoms with Crippen LogP contribution in [0.15, 0.2) is 28.8 Å². The van der Waals surface area contributed by atoms with Gasteiger partial charge in [-0.15, -0.1) is 0 Å². The number of likely N-dealkylation sites (tertiary alicyclic amines) is 1. The van der Waals surface area contributed by atoms with Gasteiger partial charge in [0.05, 0.1) is 12.5 Å². The number of benzene rings is 1. The highest BCUT2D eigenvalue weighted by Crippen LogP contribution is 2.22. The summed E-state index contributed by atoms with van der Waals surface area (Å²) in [7, 11) is 0. The maximum absolute atomic E-state index is 13.1. The monoisotopic (exact) mass is 469 g/mol. The standard InChI is InChI=1S/C25H35N5O4/c1-18-7-9-19(10-8-18)22-26-21(34-27-22)17-28-12-14-29(15-13-28)23(31)20-6-5-11-30(16-20)24(32)33-25(2,3)4/h7-10,20H,5-6,11-17H2,1-4H3/t20-/m1/s1. The summed E-state index contributed by atoms with van der Waals surface area (Å²) in [6, 6.07) is 8.04. The molecule has 2 fully saturated rings. The normalized spacial score (nSPS) is 19.8. The van der Waals surface area contributed by atoms with Crippen molar-refractivity contribution < 1.29 is 18.8 Å². The number of piperazine rings is 1. The number of hydrogen-bond acceptors (Lipinski definition) is 7. The fourth-order valence-electron chi connectivity index (χ4n) is 4.39. The van der Waals surface area contributed by atoms with E-state index < -0.39 is 5.60 Å². The summed E-state index contributed by atoms with van der Waals surface area (Å²) in [5.74, 6) is 1.14. The molecule has 34 heavy (non-hydrogen) atoms. The van der Waals surface area contributed by atoms with Gasteiger partial charge in [-0.1, -0.05) is 35.0 Å². The van der Waals surface area contributed by atoms with E-state index in [1.54, 1.807) is 4.90 Å². The third-order valence-electron chi connectivity index (χ3n) is 6.24. The first-order chi connectivity index (χ1) is 16.2. The quantitative estimate of drug-likeness (QED) is 0.678. The Bertz CT molecular complexity index is 989. The summed E-state index contributed by atoms with van der Waals surface area (Å²) in [5.41, 5.74) is 1.58. The van der Waals surface area contributed by atoms with E-state index in [4.69, 9.17) is 9.26 Å². The Morgan fingerprint density at radius 1 is 1.06 bits per heavy atom. The van der Waals surface area contributed by atoms with Crippen molar-refractivity contribution in [3.8, 4) is 11.4 Å². The lowest BCUT2D eigenvalue weighted by Crippen LogP contribution is -2.53. The zero-order valence-electron chi connectivity index (χ0n) is 20.6. The molecule has 0 spiro atoms. The van der Waals surface area contributed by atoms with E-state index in [1.807, 2.05) is 56.9 Å². The molecule has 2 aromatic rings. The first-order valence-electron chi connectivity index (χ1n) is 12.1. The third-order valence-corrected chi connectivity index (χ3v) is 6.24. The van der Waals surface area contributed by atoms with Gasteiger partial charge in [0.15, 0.2) is 0 Å². The summed E-state index contributed by atoms with van der Waals surface area (Å²) in [6.07, 6.45) is 1.29. The van der Waals surface area contributed by atoms with Crippen LogP contribution in [-0.2, 0) is 16.1 Å². The molecule has 184 valence electrons. The maximum Gasteiger partial charge on any atom is 0.410 e. The minimum Gasteiger partial charge on any atom is -0.444 e. The largest absolute Gasteiger partial charge is 0.444 e. The molecule has 2 saturated heterocycles. The van der Waals surface area contributed by atoms with E-state index in [9.17, 15) is 9.59 Å². The molecule has 2 aliphatic rings. The van der Waals surface area contributed by atoms with Crippen molar-refractivity contribution in [1.82, 2.24) is 24.8 Å². The van der Waals surface area contributed by atoms with Crippen LogP contribution < -0.4 is 0 Å². The number of aryl methyl sites for hydroxylation is 1. The highest BCUT2D eigenvalue weighted by atomic mass is 16.6. The third kappa shape index (κ3) is 6.14. The number of rotatable bonds is 4. The SMILES string of the molecule is Cc1ccc(-c2noc(CN3CCN(C(=O)[C@@H]4CCCN(C(=O)OC(C)(C)C)C4)CC3)n2)cc1. The van der Waals surface area contributed by atoms with Gasteiger partial charge in [-0.2, -0.15) is 4.98 Å². The number of aromatic nitrogens is 2. The van der Waals surface area contributed by atoms with Gasteiger partial charge in [0.25, 0.3) is 0 Å². The van der Waals surface area contributed by atoms with Crippen LogP contribution in [0.25, 0.3) is 11.4 Å². The summed E-state index contributed by atoms with van der Waals surface area (Å²) in [4.78, 5) is 35.9. The molecule has 0 N–H and O–H groups in total. The molecule has 1 atom stereocenters. The van der Waals surface area contributed by atoms with Gasteiger partial charge in [0, 0.05) is 44.8 Å². The lowest BCUT2D eigenvalue weighted by molar-refractivity contribution is -0.139. The van der Waals surface area contributed by atoms with E-state index in [1.165, 1.54) is 5.56 Å². The Hall–Kier alpha value is -2.94. The van der Waals surface area contributed by atoms with Crippen LogP contribution in [0.3, 0.4) is 0 Å². The Morgan fingerprint density at radius 2 is 1.76 bits per heavy atom. The van der Waals surface area contributed by atoms with Crippen molar-refractivity contribution in [2.75, 3.05) is 39.3 Å². The van der Waals surface area contributed by atoms with Crippen LogP contribution in [-0.4, -0.2) is 81.7 Å².